The Kier molecular flexibility index (Phi) is 3.53. The van der Waals surface area contributed by atoms with Crippen LogP contribution >= 0.6 is 0 Å². The van der Waals surface area contributed by atoms with E-state index in [0.29, 0.717) is 0 Å². The fourth-order valence-corrected chi connectivity index (χ4v) is 2.38. The van der Waals surface area contributed by atoms with Crippen LogP contribution in [0.1, 0.15) is 10.4 Å². The van der Waals surface area contributed by atoms with Gasteiger partial charge in [-0.15, -0.1) is 0 Å². The van der Waals surface area contributed by atoms with Crippen molar-refractivity contribution in [2.75, 3.05) is 16.3 Å². The van der Waals surface area contributed by atoms with Crippen molar-refractivity contribution in [2.24, 2.45) is 0 Å². The number of carbonyl (C=O) groups is 3. The molecule has 0 unspecified atom stereocenters. The van der Waals surface area contributed by atoms with Crippen molar-refractivity contribution in [1.29, 1.82) is 0 Å². The van der Waals surface area contributed by atoms with Crippen LogP contribution in [-0.4, -0.2) is 29.6 Å². The van der Waals surface area contributed by atoms with E-state index in [4.69, 9.17) is 5.11 Å². The lowest BCUT2D eigenvalue weighted by Gasteiger charge is -2.17. The van der Waals surface area contributed by atoms with Gasteiger partial charge >= 0.3 is 12.0 Å². The SMILES string of the molecule is O=C(O)c1cccc(N2CC(=O)N(c3ccccc3F)C2=O)c1. The van der Waals surface area contributed by atoms with Gasteiger partial charge in [-0.3, -0.25) is 9.69 Å². The van der Waals surface area contributed by atoms with Crippen molar-refractivity contribution >= 4 is 29.3 Å². The Morgan fingerprint density at radius 1 is 1.09 bits per heavy atom. The maximum absolute atomic E-state index is 13.8. The molecule has 23 heavy (non-hydrogen) atoms. The Morgan fingerprint density at radius 2 is 1.83 bits per heavy atom. The molecular formula is C16H11FN2O4. The van der Waals surface area contributed by atoms with Crippen molar-refractivity contribution in [3.8, 4) is 0 Å². The van der Waals surface area contributed by atoms with Gasteiger partial charge in [0.1, 0.15) is 12.4 Å². The van der Waals surface area contributed by atoms with Gasteiger partial charge in [0.15, 0.2) is 0 Å². The van der Waals surface area contributed by atoms with E-state index >= 15 is 0 Å². The second kappa shape index (κ2) is 5.53. The number of halogens is 1. The quantitative estimate of drug-likeness (QED) is 0.883. The Bertz CT molecular complexity index is 821. The van der Waals surface area contributed by atoms with Gasteiger partial charge in [-0.25, -0.2) is 18.9 Å². The van der Waals surface area contributed by atoms with Gasteiger partial charge in [0, 0.05) is 5.69 Å². The summed E-state index contributed by atoms with van der Waals surface area (Å²) in [5.41, 5.74) is 0.133. The largest absolute Gasteiger partial charge is 0.478 e. The molecule has 7 heteroatoms. The molecule has 6 nitrogen and oxygen atoms in total. The average Bonchev–Trinajstić information content (AvgIpc) is 2.83. The minimum absolute atomic E-state index is 0.00732. The van der Waals surface area contributed by atoms with Crippen LogP contribution in [0.15, 0.2) is 48.5 Å². The normalized spacial score (nSPS) is 14.5. The smallest absolute Gasteiger partial charge is 0.336 e. The molecule has 2 aromatic rings. The van der Waals surface area contributed by atoms with Crippen molar-refractivity contribution in [3.05, 3.63) is 59.9 Å². The maximum atomic E-state index is 13.8. The van der Waals surface area contributed by atoms with Crippen LogP contribution in [0, 0.1) is 5.82 Å². The van der Waals surface area contributed by atoms with Crippen molar-refractivity contribution in [1.82, 2.24) is 0 Å². The lowest BCUT2D eigenvalue weighted by molar-refractivity contribution is -0.115. The minimum Gasteiger partial charge on any atom is -0.478 e. The van der Waals surface area contributed by atoms with Crippen LogP contribution in [0.4, 0.5) is 20.6 Å². The third-order valence-electron chi connectivity index (χ3n) is 3.46. The number of amides is 3. The van der Waals surface area contributed by atoms with Crippen molar-refractivity contribution < 1.29 is 23.9 Å². The summed E-state index contributed by atoms with van der Waals surface area (Å²) in [5, 5.41) is 9.01. The van der Waals surface area contributed by atoms with Gasteiger partial charge in [0.2, 0.25) is 0 Å². The summed E-state index contributed by atoms with van der Waals surface area (Å²) in [7, 11) is 0. The maximum Gasteiger partial charge on any atom is 0.336 e. The standard InChI is InChI=1S/C16H11FN2O4/c17-12-6-1-2-7-13(12)19-14(20)9-18(16(19)23)11-5-3-4-10(8-11)15(21)22/h1-8H,9H2,(H,21,22). The van der Waals surface area contributed by atoms with E-state index in [-0.39, 0.29) is 23.5 Å². The van der Waals surface area contributed by atoms with Gasteiger partial charge < -0.3 is 5.11 Å². The van der Waals surface area contributed by atoms with Crippen LogP contribution in [0.5, 0.6) is 0 Å². The molecule has 1 heterocycles. The molecule has 1 N–H and O–H groups in total. The molecule has 0 spiro atoms. The third-order valence-corrected chi connectivity index (χ3v) is 3.46. The zero-order chi connectivity index (χ0) is 16.6. The van der Waals surface area contributed by atoms with Crippen molar-refractivity contribution in [3.63, 3.8) is 0 Å². The number of benzene rings is 2. The van der Waals surface area contributed by atoms with E-state index < -0.39 is 23.7 Å². The van der Waals surface area contributed by atoms with Crippen LogP contribution in [-0.2, 0) is 4.79 Å². The average molecular weight is 314 g/mol. The van der Waals surface area contributed by atoms with Crippen LogP contribution in [0.3, 0.4) is 0 Å². The first-order valence-corrected chi connectivity index (χ1v) is 6.71. The second-order valence-electron chi connectivity index (χ2n) is 4.90. The van der Waals surface area contributed by atoms with E-state index in [1.165, 1.54) is 42.5 Å². The Hall–Kier alpha value is -3.22. The zero-order valence-electron chi connectivity index (χ0n) is 11.8. The number of carboxylic acids is 1. The predicted octanol–water partition coefficient (Wildman–Crippen LogP) is 2.50. The molecule has 0 bridgehead atoms. The zero-order valence-corrected chi connectivity index (χ0v) is 11.8. The highest BCUT2D eigenvalue weighted by atomic mass is 19.1. The van der Waals surface area contributed by atoms with E-state index in [1.807, 2.05) is 0 Å². The highest BCUT2D eigenvalue weighted by molar-refractivity contribution is 6.27. The Morgan fingerprint density at radius 3 is 2.52 bits per heavy atom. The molecule has 0 atom stereocenters. The number of anilines is 2. The molecule has 3 rings (SSSR count). The molecule has 116 valence electrons. The van der Waals surface area contributed by atoms with E-state index in [1.54, 1.807) is 0 Å². The topological polar surface area (TPSA) is 77.9 Å². The van der Waals surface area contributed by atoms with E-state index in [0.717, 1.165) is 15.9 Å². The number of carboxylic acid groups (broad SMARTS) is 1. The summed E-state index contributed by atoms with van der Waals surface area (Å²) < 4.78 is 13.8. The highest BCUT2D eigenvalue weighted by Gasteiger charge is 2.39. The molecule has 1 fully saturated rings. The van der Waals surface area contributed by atoms with Crippen LogP contribution in [0.25, 0.3) is 0 Å². The van der Waals surface area contributed by atoms with E-state index in [9.17, 15) is 18.8 Å². The van der Waals surface area contributed by atoms with Gasteiger partial charge in [-0.2, -0.15) is 0 Å². The lowest BCUT2D eigenvalue weighted by atomic mass is 10.2. The van der Waals surface area contributed by atoms with Crippen LogP contribution in [0.2, 0.25) is 0 Å². The number of imide groups is 1. The highest BCUT2D eigenvalue weighted by Crippen LogP contribution is 2.28. The second-order valence-corrected chi connectivity index (χ2v) is 4.90. The Labute approximate surface area is 130 Å². The molecule has 0 radical (unpaired) electrons. The first kappa shape index (κ1) is 14.7. The molecule has 0 aliphatic carbocycles. The van der Waals surface area contributed by atoms with Gasteiger partial charge in [-0.05, 0) is 30.3 Å². The predicted molar refractivity (Wildman–Crippen MR) is 80.0 cm³/mol. The monoisotopic (exact) mass is 314 g/mol. The van der Waals surface area contributed by atoms with E-state index in [2.05, 4.69) is 0 Å². The molecule has 0 saturated carbocycles. The lowest BCUT2D eigenvalue weighted by Crippen LogP contribution is -2.33. The third kappa shape index (κ3) is 2.52. The molecule has 1 aliphatic heterocycles. The number of para-hydroxylation sites is 1. The summed E-state index contributed by atoms with van der Waals surface area (Å²) in [5.74, 6) is -2.41. The summed E-state index contributed by atoms with van der Waals surface area (Å²) in [4.78, 5) is 37.5. The summed E-state index contributed by atoms with van der Waals surface area (Å²) in [6.45, 7) is -0.282. The number of rotatable bonds is 3. The molecule has 1 saturated heterocycles. The molecule has 1 aliphatic rings. The van der Waals surface area contributed by atoms with Gasteiger partial charge in [0.25, 0.3) is 5.91 Å². The minimum atomic E-state index is -1.14. The molecular weight excluding hydrogens is 303 g/mol. The summed E-state index contributed by atoms with van der Waals surface area (Å²) >= 11 is 0. The first-order valence-electron chi connectivity index (χ1n) is 6.71. The number of hydrogen-bond acceptors (Lipinski definition) is 3. The number of aromatic carboxylic acids is 1. The Balaban J connectivity index is 1.97. The summed E-state index contributed by atoms with van der Waals surface area (Å²) in [6, 6.07) is 10.4. The summed E-state index contributed by atoms with van der Waals surface area (Å²) in [6.07, 6.45) is 0. The molecule has 2 aromatic carbocycles. The first-order chi connectivity index (χ1) is 11.0. The fraction of sp³-hybridized carbons (Fsp3) is 0.0625. The number of carbonyl (C=O) groups excluding carboxylic acids is 2. The van der Waals surface area contributed by atoms with Crippen LogP contribution < -0.4 is 9.80 Å². The van der Waals surface area contributed by atoms with Gasteiger partial charge in [-0.1, -0.05) is 18.2 Å². The molecule has 3 amide bonds. The number of urea groups is 1. The molecule has 0 aromatic heterocycles. The fourth-order valence-electron chi connectivity index (χ4n) is 2.38. The van der Waals surface area contributed by atoms with Gasteiger partial charge in [0.05, 0.1) is 11.3 Å². The number of hydrogen-bond donors (Lipinski definition) is 1. The number of nitrogens with zero attached hydrogens (tertiary/aromatic N) is 2. The van der Waals surface area contributed by atoms with Crippen molar-refractivity contribution in [2.45, 2.75) is 0 Å².